The van der Waals surface area contributed by atoms with Crippen molar-refractivity contribution in [2.24, 2.45) is 0 Å². The molecule has 6 aromatic carbocycles. The van der Waals surface area contributed by atoms with Crippen molar-refractivity contribution in [3.05, 3.63) is 157 Å². The van der Waals surface area contributed by atoms with Crippen molar-refractivity contribution in [1.82, 2.24) is 9.55 Å². The molecular weight excluding hydrogens is 572 g/mol. The molecule has 0 bridgehead atoms. The molecule has 10 rings (SSSR count). The third kappa shape index (κ3) is 3.77. The Balaban J connectivity index is 1.11. The van der Waals surface area contributed by atoms with Crippen LogP contribution in [-0.2, 0) is 5.41 Å². The molecule has 0 saturated heterocycles. The average molecular weight is 603 g/mol. The van der Waals surface area contributed by atoms with Crippen molar-refractivity contribution in [3.8, 4) is 39.2 Å². The Morgan fingerprint density at radius 1 is 0.511 bits per heavy atom. The number of pyridine rings is 1. The summed E-state index contributed by atoms with van der Waals surface area (Å²) >= 11 is 0. The van der Waals surface area contributed by atoms with Crippen LogP contribution < -0.4 is 0 Å². The maximum absolute atomic E-state index is 6.09. The summed E-state index contributed by atoms with van der Waals surface area (Å²) in [6.45, 7) is 4.60. The van der Waals surface area contributed by atoms with Crippen LogP contribution in [0.3, 0.4) is 0 Å². The molecule has 3 aromatic heterocycles. The average Bonchev–Trinajstić information content (AvgIpc) is 3.73. The molecule has 0 spiro atoms. The van der Waals surface area contributed by atoms with E-state index in [-0.39, 0.29) is 5.41 Å². The highest BCUT2D eigenvalue weighted by molar-refractivity contribution is 6.11. The molecule has 0 saturated carbocycles. The van der Waals surface area contributed by atoms with E-state index in [1.165, 1.54) is 60.8 Å². The van der Waals surface area contributed by atoms with E-state index in [0.717, 1.165) is 33.3 Å². The molecule has 0 fully saturated rings. The van der Waals surface area contributed by atoms with E-state index in [1.807, 2.05) is 24.4 Å². The van der Waals surface area contributed by atoms with E-state index in [9.17, 15) is 0 Å². The standard InChI is InChI=1S/C44H30N2O/c1-44(2)37-19-18-31(26-36(37)43-38(44)13-8-22-45-43)46-39-14-5-3-11-32(39)34-24-29(16-20-40(34)46)27-9-7-10-28(23-27)30-17-21-42-35(25-30)33-12-4-6-15-41(33)47-42/h3-26H,1-2H3. The van der Waals surface area contributed by atoms with Crippen molar-refractivity contribution in [3.63, 3.8) is 0 Å². The van der Waals surface area contributed by atoms with Gasteiger partial charge in [0.25, 0.3) is 0 Å². The highest BCUT2D eigenvalue weighted by atomic mass is 16.3. The number of hydrogen-bond acceptors (Lipinski definition) is 2. The fourth-order valence-corrected chi connectivity index (χ4v) is 7.90. The first kappa shape index (κ1) is 26.3. The van der Waals surface area contributed by atoms with Gasteiger partial charge in [-0.05, 0) is 94.0 Å². The summed E-state index contributed by atoms with van der Waals surface area (Å²) in [6, 6.07) is 50.4. The summed E-state index contributed by atoms with van der Waals surface area (Å²) in [5.41, 5.74) is 15.0. The Labute approximate surface area is 272 Å². The summed E-state index contributed by atoms with van der Waals surface area (Å²) in [7, 11) is 0. The third-order valence-electron chi connectivity index (χ3n) is 10.2. The molecular formula is C44H30N2O. The van der Waals surface area contributed by atoms with Gasteiger partial charge in [0.1, 0.15) is 11.2 Å². The first-order chi connectivity index (χ1) is 23.0. The number of furan rings is 1. The summed E-state index contributed by atoms with van der Waals surface area (Å²) in [5, 5.41) is 4.79. The molecule has 3 heteroatoms. The number of hydrogen-bond donors (Lipinski definition) is 0. The number of benzene rings is 6. The van der Waals surface area contributed by atoms with Crippen molar-refractivity contribution in [2.45, 2.75) is 19.3 Å². The molecule has 0 unspecified atom stereocenters. The van der Waals surface area contributed by atoms with Gasteiger partial charge in [0.15, 0.2) is 0 Å². The predicted molar refractivity (Wildman–Crippen MR) is 194 cm³/mol. The topological polar surface area (TPSA) is 31.0 Å². The van der Waals surface area contributed by atoms with Gasteiger partial charge in [0.2, 0.25) is 0 Å². The molecule has 9 aromatic rings. The lowest BCUT2D eigenvalue weighted by molar-refractivity contribution is 0.659. The molecule has 1 aliphatic carbocycles. The van der Waals surface area contributed by atoms with Crippen LogP contribution in [0.2, 0.25) is 0 Å². The molecule has 0 N–H and O–H groups in total. The van der Waals surface area contributed by atoms with E-state index >= 15 is 0 Å². The first-order valence-corrected chi connectivity index (χ1v) is 16.2. The molecule has 3 heterocycles. The fraction of sp³-hybridized carbons (Fsp3) is 0.0682. The highest BCUT2D eigenvalue weighted by Crippen LogP contribution is 2.48. The van der Waals surface area contributed by atoms with Crippen LogP contribution in [0.4, 0.5) is 0 Å². The van der Waals surface area contributed by atoms with Gasteiger partial charge in [0, 0.05) is 44.4 Å². The molecule has 47 heavy (non-hydrogen) atoms. The summed E-state index contributed by atoms with van der Waals surface area (Å²) in [4.78, 5) is 4.83. The van der Waals surface area contributed by atoms with Crippen LogP contribution in [0.1, 0.15) is 25.0 Å². The lowest BCUT2D eigenvalue weighted by Crippen LogP contribution is -2.15. The second kappa shape index (κ2) is 9.54. The predicted octanol–water partition coefficient (Wildman–Crippen LogP) is 11.7. The van der Waals surface area contributed by atoms with Crippen molar-refractivity contribution >= 4 is 43.7 Å². The van der Waals surface area contributed by atoms with Gasteiger partial charge in [-0.15, -0.1) is 0 Å². The first-order valence-electron chi connectivity index (χ1n) is 16.2. The Hall–Kier alpha value is -5.93. The number of aromatic nitrogens is 2. The number of rotatable bonds is 3. The van der Waals surface area contributed by atoms with Gasteiger partial charge in [-0.3, -0.25) is 4.98 Å². The SMILES string of the molecule is CC1(C)c2ccc(-n3c4ccccc4c4cc(-c5cccc(-c6ccc7oc8ccccc8c7c6)c5)ccc43)cc2-c2ncccc21. The zero-order chi connectivity index (χ0) is 31.3. The quantitative estimate of drug-likeness (QED) is 0.201. The summed E-state index contributed by atoms with van der Waals surface area (Å²) < 4.78 is 8.49. The second-order valence-electron chi connectivity index (χ2n) is 13.2. The number of nitrogens with zero attached hydrogens (tertiary/aromatic N) is 2. The van der Waals surface area contributed by atoms with Gasteiger partial charge in [-0.2, -0.15) is 0 Å². The zero-order valence-electron chi connectivity index (χ0n) is 26.2. The van der Waals surface area contributed by atoms with Gasteiger partial charge in [-0.1, -0.05) is 92.7 Å². The summed E-state index contributed by atoms with van der Waals surface area (Å²) in [5.74, 6) is 0. The van der Waals surface area contributed by atoms with Crippen molar-refractivity contribution in [1.29, 1.82) is 0 Å². The highest BCUT2D eigenvalue weighted by Gasteiger charge is 2.36. The Morgan fingerprint density at radius 2 is 1.21 bits per heavy atom. The van der Waals surface area contributed by atoms with Crippen LogP contribution >= 0.6 is 0 Å². The normalized spacial score (nSPS) is 13.5. The van der Waals surface area contributed by atoms with Crippen LogP contribution in [0.25, 0.3) is 82.9 Å². The maximum atomic E-state index is 6.09. The van der Waals surface area contributed by atoms with Gasteiger partial charge >= 0.3 is 0 Å². The molecule has 3 nitrogen and oxygen atoms in total. The monoisotopic (exact) mass is 602 g/mol. The van der Waals surface area contributed by atoms with Gasteiger partial charge in [0.05, 0.1) is 16.7 Å². The minimum Gasteiger partial charge on any atom is -0.456 e. The summed E-state index contributed by atoms with van der Waals surface area (Å²) in [6.07, 6.45) is 1.91. The molecule has 222 valence electrons. The van der Waals surface area contributed by atoms with E-state index in [0.29, 0.717) is 0 Å². The largest absolute Gasteiger partial charge is 0.456 e. The Bertz CT molecular complexity index is 2720. The fourth-order valence-electron chi connectivity index (χ4n) is 7.90. The van der Waals surface area contributed by atoms with E-state index < -0.39 is 0 Å². The van der Waals surface area contributed by atoms with Crippen LogP contribution in [0.5, 0.6) is 0 Å². The van der Waals surface area contributed by atoms with E-state index in [2.05, 4.69) is 140 Å². The molecule has 0 radical (unpaired) electrons. The second-order valence-corrected chi connectivity index (χ2v) is 13.2. The van der Waals surface area contributed by atoms with Crippen LogP contribution in [-0.4, -0.2) is 9.55 Å². The minimum absolute atomic E-state index is 0.0697. The molecule has 0 aliphatic heterocycles. The zero-order valence-corrected chi connectivity index (χ0v) is 26.2. The van der Waals surface area contributed by atoms with Crippen LogP contribution in [0, 0.1) is 0 Å². The lowest BCUT2D eigenvalue weighted by Gasteiger charge is -2.21. The Kier molecular flexibility index (Phi) is 5.34. The number of fused-ring (bicyclic) bond motifs is 9. The van der Waals surface area contributed by atoms with Gasteiger partial charge < -0.3 is 8.98 Å². The molecule has 0 amide bonds. The maximum Gasteiger partial charge on any atom is 0.135 e. The number of para-hydroxylation sites is 2. The van der Waals surface area contributed by atoms with E-state index in [1.54, 1.807) is 0 Å². The van der Waals surface area contributed by atoms with Crippen LogP contribution in [0.15, 0.2) is 150 Å². The Morgan fingerprint density at radius 3 is 2.09 bits per heavy atom. The van der Waals surface area contributed by atoms with Crippen molar-refractivity contribution in [2.75, 3.05) is 0 Å². The minimum atomic E-state index is -0.0697. The van der Waals surface area contributed by atoms with Crippen molar-refractivity contribution < 1.29 is 4.42 Å². The lowest BCUT2D eigenvalue weighted by atomic mass is 9.83. The molecule has 0 atom stereocenters. The molecule has 1 aliphatic rings. The third-order valence-corrected chi connectivity index (χ3v) is 10.2. The van der Waals surface area contributed by atoms with E-state index in [4.69, 9.17) is 9.40 Å². The van der Waals surface area contributed by atoms with Gasteiger partial charge in [-0.25, -0.2) is 0 Å². The smallest absolute Gasteiger partial charge is 0.135 e.